The standard InChI is InChI=1S/C19H32N4O9S/c1-5-31-18(30)13(23-32-19(2,3)4)10-33-9-12(16(27)21-8-15(25)26)22-14(24)7-6-11(20)17(28)29/h11-12H,5-10,20H2,1-4H3,(H,21,27)(H,22,24)(H,25,26)(H,28,29)/b23-13-. The minimum atomic E-state index is -1.27. The molecule has 2 atom stereocenters. The number of thioether (sulfide) groups is 1. The zero-order valence-electron chi connectivity index (χ0n) is 19.1. The Morgan fingerprint density at radius 3 is 2.30 bits per heavy atom. The predicted octanol–water partition coefficient (Wildman–Crippen LogP) is -0.668. The van der Waals surface area contributed by atoms with Crippen molar-refractivity contribution in [3.8, 4) is 0 Å². The minimum Gasteiger partial charge on any atom is -0.480 e. The first-order chi connectivity index (χ1) is 15.3. The lowest BCUT2D eigenvalue weighted by Gasteiger charge is -2.19. The van der Waals surface area contributed by atoms with Crippen molar-refractivity contribution in [2.75, 3.05) is 24.7 Å². The van der Waals surface area contributed by atoms with Crippen LogP contribution in [-0.4, -0.2) is 88.0 Å². The molecule has 13 nitrogen and oxygen atoms in total. The molecule has 0 bridgehead atoms. The fourth-order valence-electron chi connectivity index (χ4n) is 1.95. The molecular formula is C19H32N4O9S. The van der Waals surface area contributed by atoms with Gasteiger partial charge < -0.3 is 36.2 Å². The summed E-state index contributed by atoms with van der Waals surface area (Å²) in [5.41, 5.74) is 4.66. The van der Waals surface area contributed by atoms with E-state index in [9.17, 15) is 24.0 Å². The Balaban J connectivity index is 5.18. The molecule has 0 spiro atoms. The number of nitrogens with zero attached hydrogens (tertiary/aromatic N) is 1. The third kappa shape index (κ3) is 14.7. The molecule has 0 rings (SSSR count). The highest BCUT2D eigenvalue weighted by atomic mass is 32.2. The van der Waals surface area contributed by atoms with Gasteiger partial charge in [0.2, 0.25) is 11.8 Å². The molecule has 2 amide bonds. The van der Waals surface area contributed by atoms with Gasteiger partial charge in [-0.05, 0) is 34.1 Å². The van der Waals surface area contributed by atoms with E-state index in [2.05, 4.69) is 15.8 Å². The van der Waals surface area contributed by atoms with Gasteiger partial charge in [-0.2, -0.15) is 11.8 Å². The van der Waals surface area contributed by atoms with E-state index in [-0.39, 0.29) is 36.7 Å². The van der Waals surface area contributed by atoms with E-state index in [1.165, 1.54) is 0 Å². The summed E-state index contributed by atoms with van der Waals surface area (Å²) in [6.07, 6.45) is -0.405. The summed E-state index contributed by atoms with van der Waals surface area (Å²) < 4.78 is 4.94. The predicted molar refractivity (Wildman–Crippen MR) is 120 cm³/mol. The number of hydrogen-bond acceptors (Lipinski definition) is 10. The van der Waals surface area contributed by atoms with Gasteiger partial charge in [-0.1, -0.05) is 5.16 Å². The quantitative estimate of drug-likeness (QED) is 0.110. The second kappa shape index (κ2) is 15.1. The number of ether oxygens (including phenoxy) is 1. The largest absolute Gasteiger partial charge is 0.480 e. The minimum absolute atomic E-state index is 0.0165. The molecule has 0 heterocycles. The highest BCUT2D eigenvalue weighted by Gasteiger charge is 2.24. The van der Waals surface area contributed by atoms with Gasteiger partial charge in [-0.25, -0.2) is 4.79 Å². The van der Waals surface area contributed by atoms with Gasteiger partial charge >= 0.3 is 17.9 Å². The highest BCUT2D eigenvalue weighted by molar-refractivity contribution is 8.00. The summed E-state index contributed by atoms with van der Waals surface area (Å²) in [5, 5.41) is 26.0. The number of aliphatic carboxylic acids is 2. The molecule has 0 aromatic carbocycles. The molecule has 33 heavy (non-hydrogen) atoms. The smallest absolute Gasteiger partial charge is 0.356 e. The van der Waals surface area contributed by atoms with Crippen molar-refractivity contribution < 1.29 is 43.8 Å². The lowest BCUT2D eigenvalue weighted by atomic mass is 10.1. The van der Waals surface area contributed by atoms with Crippen LogP contribution in [0.15, 0.2) is 5.16 Å². The SMILES string of the molecule is CCOC(=O)/C(CSCC(NC(=O)CCC(N)C(=O)O)C(=O)NCC(=O)O)=N\OC(C)(C)C. The zero-order chi connectivity index (χ0) is 25.6. The summed E-state index contributed by atoms with van der Waals surface area (Å²) in [7, 11) is 0. The van der Waals surface area contributed by atoms with Crippen molar-refractivity contribution in [3.05, 3.63) is 0 Å². The first-order valence-electron chi connectivity index (χ1n) is 10.0. The fraction of sp³-hybridized carbons (Fsp3) is 0.684. The number of carbonyl (C=O) groups is 5. The topological polar surface area (TPSA) is 207 Å². The summed E-state index contributed by atoms with van der Waals surface area (Å²) >= 11 is 1.05. The lowest BCUT2D eigenvalue weighted by molar-refractivity contribution is -0.139. The first-order valence-corrected chi connectivity index (χ1v) is 11.2. The third-order valence-electron chi connectivity index (χ3n) is 3.53. The van der Waals surface area contributed by atoms with Crippen molar-refractivity contribution in [2.45, 2.75) is 58.2 Å². The van der Waals surface area contributed by atoms with E-state index < -0.39 is 54.0 Å². The van der Waals surface area contributed by atoms with Crippen LogP contribution in [0, 0.1) is 0 Å². The van der Waals surface area contributed by atoms with E-state index in [1.807, 2.05) is 0 Å². The monoisotopic (exact) mass is 492 g/mol. The molecule has 0 aliphatic rings. The number of amides is 2. The van der Waals surface area contributed by atoms with Crippen LogP contribution in [0.3, 0.4) is 0 Å². The summed E-state index contributed by atoms with van der Waals surface area (Å²) in [6, 6.07) is -2.40. The van der Waals surface area contributed by atoms with Crippen molar-refractivity contribution in [1.29, 1.82) is 0 Å². The van der Waals surface area contributed by atoms with Crippen molar-refractivity contribution in [3.63, 3.8) is 0 Å². The van der Waals surface area contributed by atoms with Gasteiger partial charge in [0, 0.05) is 17.9 Å². The third-order valence-corrected chi connectivity index (χ3v) is 4.58. The first kappa shape index (κ1) is 30.1. The van der Waals surface area contributed by atoms with Gasteiger partial charge in [0.15, 0.2) is 5.71 Å². The van der Waals surface area contributed by atoms with Crippen LogP contribution in [0.25, 0.3) is 0 Å². The normalized spacial score (nSPS) is 13.4. The van der Waals surface area contributed by atoms with Gasteiger partial charge in [-0.15, -0.1) is 0 Å². The van der Waals surface area contributed by atoms with Gasteiger partial charge in [0.05, 0.1) is 6.61 Å². The Morgan fingerprint density at radius 1 is 1.15 bits per heavy atom. The van der Waals surface area contributed by atoms with Gasteiger partial charge in [-0.3, -0.25) is 19.2 Å². The Morgan fingerprint density at radius 2 is 1.79 bits per heavy atom. The van der Waals surface area contributed by atoms with Gasteiger partial charge in [0.1, 0.15) is 24.2 Å². The summed E-state index contributed by atoms with van der Waals surface area (Å²) in [5.74, 6) is -4.71. The van der Waals surface area contributed by atoms with Crippen molar-refractivity contribution >= 4 is 47.2 Å². The Bertz CT molecular complexity index is 737. The van der Waals surface area contributed by atoms with Crippen LogP contribution < -0.4 is 16.4 Å². The van der Waals surface area contributed by atoms with Crippen molar-refractivity contribution in [2.24, 2.45) is 10.9 Å². The molecule has 0 aliphatic heterocycles. The number of carboxylic acids is 2. The van der Waals surface area contributed by atoms with Crippen LogP contribution >= 0.6 is 11.8 Å². The van der Waals surface area contributed by atoms with Crippen LogP contribution in [0.4, 0.5) is 0 Å². The molecule has 0 saturated heterocycles. The number of nitrogens with one attached hydrogen (secondary N) is 2. The number of esters is 1. The second-order valence-electron chi connectivity index (χ2n) is 7.69. The van der Waals surface area contributed by atoms with E-state index in [4.69, 9.17) is 25.5 Å². The zero-order valence-corrected chi connectivity index (χ0v) is 19.9. The number of rotatable bonds is 15. The molecule has 14 heteroatoms. The maximum atomic E-state index is 12.3. The molecule has 188 valence electrons. The molecule has 6 N–H and O–H groups in total. The van der Waals surface area contributed by atoms with Crippen LogP contribution in [0.5, 0.6) is 0 Å². The van der Waals surface area contributed by atoms with Gasteiger partial charge in [0.25, 0.3) is 0 Å². The average molecular weight is 493 g/mol. The second-order valence-corrected chi connectivity index (χ2v) is 8.72. The molecule has 0 saturated carbocycles. The lowest BCUT2D eigenvalue weighted by Crippen LogP contribution is -2.49. The fourth-order valence-corrected chi connectivity index (χ4v) is 2.90. The molecule has 0 aromatic rings. The van der Waals surface area contributed by atoms with Crippen molar-refractivity contribution in [1.82, 2.24) is 10.6 Å². The maximum absolute atomic E-state index is 12.3. The molecule has 0 radical (unpaired) electrons. The highest BCUT2D eigenvalue weighted by Crippen LogP contribution is 2.11. The van der Waals surface area contributed by atoms with Crippen LogP contribution in [0.2, 0.25) is 0 Å². The van der Waals surface area contributed by atoms with E-state index >= 15 is 0 Å². The number of carbonyl (C=O) groups excluding carboxylic acids is 3. The Kier molecular flexibility index (Phi) is 13.7. The Hall–Kier alpha value is -2.87. The average Bonchev–Trinajstić information content (AvgIpc) is 2.70. The number of carboxylic acid groups (broad SMARTS) is 2. The van der Waals surface area contributed by atoms with E-state index in [0.717, 1.165) is 11.8 Å². The number of oxime groups is 1. The van der Waals surface area contributed by atoms with E-state index in [0.29, 0.717) is 0 Å². The molecule has 0 aliphatic carbocycles. The molecule has 0 fully saturated rings. The molecule has 2 unspecified atom stereocenters. The molecular weight excluding hydrogens is 460 g/mol. The summed E-state index contributed by atoms with van der Waals surface area (Å²) in [4.78, 5) is 63.3. The Labute approximate surface area is 195 Å². The van der Waals surface area contributed by atoms with Crippen LogP contribution in [-0.2, 0) is 33.5 Å². The van der Waals surface area contributed by atoms with Crippen LogP contribution in [0.1, 0.15) is 40.5 Å². The summed E-state index contributed by atoms with van der Waals surface area (Å²) in [6.45, 7) is 6.30. The number of nitrogens with two attached hydrogens (primary N) is 1. The number of hydrogen-bond donors (Lipinski definition) is 5. The maximum Gasteiger partial charge on any atom is 0.356 e. The molecule has 0 aromatic heterocycles. The van der Waals surface area contributed by atoms with E-state index in [1.54, 1.807) is 27.7 Å².